The summed E-state index contributed by atoms with van der Waals surface area (Å²) < 4.78 is 1.81. The van der Waals surface area contributed by atoms with Gasteiger partial charge in [0, 0.05) is 31.5 Å². The highest BCUT2D eigenvalue weighted by molar-refractivity contribution is 7.07. The minimum atomic E-state index is -0.161. The molecule has 0 aliphatic rings. The molecule has 0 saturated heterocycles. The van der Waals surface area contributed by atoms with Crippen molar-refractivity contribution in [1.82, 2.24) is 14.5 Å². The summed E-state index contributed by atoms with van der Waals surface area (Å²) in [4.78, 5) is 35.8. The third kappa shape index (κ3) is 3.62. The second kappa shape index (κ2) is 6.70. The minimum Gasteiger partial charge on any atom is -0.327 e. The number of amides is 1. The van der Waals surface area contributed by atoms with Crippen LogP contribution in [-0.2, 0) is 18.3 Å². The topological polar surface area (TPSA) is 80.1 Å². The number of hydrogen-bond donors (Lipinski definition) is 1. The predicted octanol–water partition coefficient (Wildman–Crippen LogP) is 1.77. The van der Waals surface area contributed by atoms with Crippen molar-refractivity contribution in [2.45, 2.75) is 19.3 Å². The number of aromatic nitrogens is 3. The highest BCUT2D eigenvalue weighted by Crippen LogP contribution is 2.07. The Kier molecular flexibility index (Phi) is 4.47. The van der Waals surface area contributed by atoms with Crippen molar-refractivity contribution >= 4 is 28.1 Å². The van der Waals surface area contributed by atoms with Gasteiger partial charge < -0.3 is 9.55 Å². The molecule has 1 aromatic carbocycles. The molecule has 3 aromatic rings. The fraction of sp³-hybridized carbons (Fsp3) is 0.250. The molecule has 0 unspecified atom stereocenters. The smallest absolute Gasteiger partial charge is 0.258 e. The van der Waals surface area contributed by atoms with Gasteiger partial charge in [-0.3, -0.25) is 9.59 Å². The van der Waals surface area contributed by atoms with Crippen LogP contribution in [-0.4, -0.2) is 20.4 Å². The Morgan fingerprint density at radius 3 is 3.00 bits per heavy atom. The number of aryl methyl sites for hydroxylation is 2. The lowest BCUT2D eigenvalue weighted by molar-refractivity contribution is -0.118. The van der Waals surface area contributed by atoms with Crippen molar-refractivity contribution in [1.29, 1.82) is 0 Å². The summed E-state index contributed by atoms with van der Waals surface area (Å²) in [6, 6.07) is 7.21. The van der Waals surface area contributed by atoms with E-state index in [0.717, 1.165) is 0 Å². The Morgan fingerprint density at radius 2 is 2.22 bits per heavy atom. The van der Waals surface area contributed by atoms with Gasteiger partial charge in [0.15, 0.2) is 4.80 Å². The number of carbonyl (C=O) groups excluding carboxylic acids is 1. The van der Waals surface area contributed by atoms with Crippen LogP contribution in [0.5, 0.6) is 0 Å². The lowest BCUT2D eigenvalue weighted by atomic mass is 10.2. The van der Waals surface area contributed by atoms with Gasteiger partial charge in [0.1, 0.15) is 5.82 Å². The summed E-state index contributed by atoms with van der Waals surface area (Å²) in [5, 5.41) is 2.46. The van der Waals surface area contributed by atoms with E-state index < -0.39 is 0 Å². The maximum Gasteiger partial charge on any atom is 0.258 e. The van der Waals surface area contributed by atoms with Crippen molar-refractivity contribution in [3.05, 3.63) is 56.8 Å². The van der Waals surface area contributed by atoms with Crippen molar-refractivity contribution < 1.29 is 4.79 Å². The highest BCUT2D eigenvalue weighted by Gasteiger charge is 2.05. The number of fused-ring (bicyclic) bond motifs is 1. The lowest BCUT2D eigenvalue weighted by Gasteiger charge is -2.02. The van der Waals surface area contributed by atoms with Gasteiger partial charge in [-0.2, -0.15) is 4.99 Å². The van der Waals surface area contributed by atoms with Gasteiger partial charge in [-0.05, 0) is 18.6 Å². The average Bonchev–Trinajstić information content (AvgIpc) is 2.92. The summed E-state index contributed by atoms with van der Waals surface area (Å²) in [6.45, 7) is 0. The number of carbonyl (C=O) groups is 1. The molecule has 0 aliphatic carbocycles. The quantitative estimate of drug-likeness (QED) is 0.792. The second-order valence-electron chi connectivity index (χ2n) is 5.19. The maximum absolute atomic E-state index is 12.0. The van der Waals surface area contributed by atoms with Crippen LogP contribution in [0, 0.1) is 0 Å². The third-order valence-electron chi connectivity index (χ3n) is 3.45. The predicted molar refractivity (Wildman–Crippen MR) is 89.2 cm³/mol. The van der Waals surface area contributed by atoms with E-state index in [4.69, 9.17) is 0 Å². The molecule has 0 atom stereocenters. The van der Waals surface area contributed by atoms with E-state index in [2.05, 4.69) is 15.0 Å². The van der Waals surface area contributed by atoms with Crippen LogP contribution in [0.15, 0.2) is 45.6 Å². The number of para-hydroxylation sites is 1. The molecule has 1 N–H and O–H groups in total. The van der Waals surface area contributed by atoms with Crippen LogP contribution >= 0.6 is 11.3 Å². The minimum absolute atomic E-state index is 0.146. The van der Waals surface area contributed by atoms with Gasteiger partial charge in [0.05, 0.1) is 10.9 Å². The summed E-state index contributed by atoms with van der Waals surface area (Å²) in [5.41, 5.74) is 0.528. The molecule has 118 valence electrons. The molecule has 6 nitrogen and oxygen atoms in total. The Labute approximate surface area is 136 Å². The van der Waals surface area contributed by atoms with Crippen LogP contribution in [0.2, 0.25) is 0 Å². The monoisotopic (exact) mass is 328 g/mol. The van der Waals surface area contributed by atoms with Crippen LogP contribution in [0.4, 0.5) is 0 Å². The second-order valence-corrected chi connectivity index (χ2v) is 6.06. The van der Waals surface area contributed by atoms with Crippen molar-refractivity contribution in [2.24, 2.45) is 12.0 Å². The molecule has 0 bridgehead atoms. The van der Waals surface area contributed by atoms with Gasteiger partial charge in [-0.15, -0.1) is 11.3 Å². The Bertz CT molecular complexity index is 968. The maximum atomic E-state index is 12.0. The first-order valence-electron chi connectivity index (χ1n) is 7.29. The Morgan fingerprint density at radius 1 is 1.39 bits per heavy atom. The van der Waals surface area contributed by atoms with Crippen LogP contribution < -0.4 is 10.4 Å². The standard InChI is InChI=1S/C16H16N4O2S/c1-20-9-10-23-16(20)19-14(21)8-4-7-13-17-12-6-3-2-5-11(12)15(22)18-13/h2-3,5-6,9-10H,4,7-8H2,1H3,(H,17,18,22). The fourth-order valence-electron chi connectivity index (χ4n) is 2.26. The van der Waals surface area contributed by atoms with Crippen molar-refractivity contribution in [2.75, 3.05) is 0 Å². The van der Waals surface area contributed by atoms with E-state index in [-0.39, 0.29) is 11.5 Å². The molecule has 0 spiro atoms. The summed E-state index contributed by atoms with van der Waals surface area (Å²) in [5.74, 6) is 0.439. The van der Waals surface area contributed by atoms with Gasteiger partial charge >= 0.3 is 0 Å². The van der Waals surface area contributed by atoms with Crippen molar-refractivity contribution in [3.8, 4) is 0 Å². The molecular weight excluding hydrogens is 312 g/mol. The zero-order valence-electron chi connectivity index (χ0n) is 12.7. The van der Waals surface area contributed by atoms with Crippen LogP contribution in [0.25, 0.3) is 10.9 Å². The van der Waals surface area contributed by atoms with Crippen molar-refractivity contribution in [3.63, 3.8) is 0 Å². The summed E-state index contributed by atoms with van der Waals surface area (Å²) >= 11 is 1.43. The van der Waals surface area contributed by atoms with E-state index in [1.54, 1.807) is 6.07 Å². The van der Waals surface area contributed by atoms with E-state index in [9.17, 15) is 9.59 Å². The molecule has 0 radical (unpaired) electrons. The largest absolute Gasteiger partial charge is 0.327 e. The van der Waals surface area contributed by atoms with E-state index in [0.29, 0.717) is 40.8 Å². The molecular formula is C16H16N4O2S. The number of nitrogens with zero attached hydrogens (tertiary/aromatic N) is 3. The highest BCUT2D eigenvalue weighted by atomic mass is 32.1. The van der Waals surface area contributed by atoms with E-state index >= 15 is 0 Å². The third-order valence-corrected chi connectivity index (χ3v) is 4.29. The Balaban J connectivity index is 1.66. The first-order chi connectivity index (χ1) is 11.1. The van der Waals surface area contributed by atoms with Gasteiger partial charge in [0.25, 0.3) is 5.56 Å². The molecule has 1 amide bonds. The van der Waals surface area contributed by atoms with Crippen LogP contribution in [0.3, 0.4) is 0 Å². The number of rotatable bonds is 4. The zero-order chi connectivity index (χ0) is 16.2. The molecule has 0 aliphatic heterocycles. The fourth-order valence-corrected chi connectivity index (χ4v) is 3.00. The molecule has 23 heavy (non-hydrogen) atoms. The first kappa shape index (κ1) is 15.4. The van der Waals surface area contributed by atoms with E-state index in [1.165, 1.54) is 11.3 Å². The molecule has 3 rings (SSSR count). The van der Waals surface area contributed by atoms with Gasteiger partial charge in [0.2, 0.25) is 5.91 Å². The van der Waals surface area contributed by atoms with Gasteiger partial charge in [-0.1, -0.05) is 12.1 Å². The van der Waals surface area contributed by atoms with E-state index in [1.807, 2.05) is 41.4 Å². The molecule has 0 fully saturated rings. The normalized spacial score (nSPS) is 12.0. The number of nitrogens with one attached hydrogen (secondary N) is 1. The van der Waals surface area contributed by atoms with Crippen LogP contribution in [0.1, 0.15) is 18.7 Å². The number of thiazole rings is 1. The lowest BCUT2D eigenvalue weighted by Crippen LogP contribution is -2.13. The first-order valence-corrected chi connectivity index (χ1v) is 8.17. The number of benzene rings is 1. The molecule has 2 aromatic heterocycles. The Hall–Kier alpha value is -2.54. The SMILES string of the molecule is Cn1ccsc1=NC(=O)CCCc1nc2ccccc2c(=O)[nH]1. The van der Waals surface area contributed by atoms with Gasteiger partial charge in [-0.25, -0.2) is 4.98 Å². The number of aromatic amines is 1. The molecule has 7 heteroatoms. The molecule has 2 heterocycles. The zero-order valence-corrected chi connectivity index (χ0v) is 13.5. The average molecular weight is 328 g/mol. The number of hydrogen-bond acceptors (Lipinski definition) is 4. The summed E-state index contributed by atoms with van der Waals surface area (Å²) in [6.07, 6.45) is 3.32. The number of H-pyrrole nitrogens is 1. The summed E-state index contributed by atoms with van der Waals surface area (Å²) in [7, 11) is 1.85. The molecule has 0 saturated carbocycles.